The molecule has 0 aromatic carbocycles. The Hall–Kier alpha value is -1.77. The Balaban J connectivity index is 1.92. The van der Waals surface area contributed by atoms with Crippen LogP contribution < -0.4 is 5.32 Å². The molecule has 1 aliphatic heterocycles. The van der Waals surface area contributed by atoms with Gasteiger partial charge in [-0.2, -0.15) is 5.26 Å². The maximum atomic E-state index is 12.3. The number of hydrogen-bond donors (Lipinski definition) is 1. The fourth-order valence-corrected chi connectivity index (χ4v) is 3.45. The van der Waals surface area contributed by atoms with Crippen molar-refractivity contribution in [3.8, 4) is 6.07 Å². The van der Waals surface area contributed by atoms with Crippen LogP contribution in [0.3, 0.4) is 0 Å². The molecule has 1 aliphatic carbocycles. The Morgan fingerprint density at radius 3 is 2.43 bits per heavy atom. The minimum Gasteiger partial charge on any atom is -0.436 e. The first-order chi connectivity index (χ1) is 11.2. The standard InChI is InChI=1S/C17H27N3O3/c18-9-10-19-16(21)15(13-14-7-3-1-4-8-14)23-17(22)20-11-5-2-6-12-20/h14-15H,1-8,10-13H2,(H,19,21)/t15-/m0/s1. The molecular weight excluding hydrogens is 294 g/mol. The Labute approximate surface area is 138 Å². The van der Waals surface area contributed by atoms with Crippen molar-refractivity contribution in [3.63, 3.8) is 0 Å². The van der Waals surface area contributed by atoms with E-state index in [-0.39, 0.29) is 12.5 Å². The second-order valence-electron chi connectivity index (χ2n) is 6.54. The smallest absolute Gasteiger partial charge is 0.410 e. The Morgan fingerprint density at radius 2 is 1.78 bits per heavy atom. The molecule has 1 N–H and O–H groups in total. The number of piperidine rings is 1. The second kappa shape index (κ2) is 9.39. The number of amides is 2. The molecule has 2 amide bonds. The van der Waals surface area contributed by atoms with Crippen molar-refractivity contribution in [2.45, 2.75) is 63.9 Å². The summed E-state index contributed by atoms with van der Waals surface area (Å²) in [7, 11) is 0. The zero-order valence-electron chi connectivity index (χ0n) is 13.8. The van der Waals surface area contributed by atoms with Gasteiger partial charge in [-0.05, 0) is 31.6 Å². The van der Waals surface area contributed by atoms with Crippen LogP contribution >= 0.6 is 0 Å². The predicted molar refractivity (Wildman–Crippen MR) is 85.5 cm³/mol. The summed E-state index contributed by atoms with van der Waals surface area (Å²) in [5.74, 6) is 0.0817. The maximum absolute atomic E-state index is 12.3. The number of hydrogen-bond acceptors (Lipinski definition) is 4. The first kappa shape index (κ1) is 17.6. The molecule has 128 valence electrons. The molecule has 2 fully saturated rings. The summed E-state index contributed by atoms with van der Waals surface area (Å²) in [5, 5.41) is 11.2. The lowest BCUT2D eigenvalue weighted by atomic mass is 9.85. The lowest BCUT2D eigenvalue weighted by Gasteiger charge is -2.30. The van der Waals surface area contributed by atoms with Gasteiger partial charge in [0, 0.05) is 13.1 Å². The molecule has 1 saturated carbocycles. The van der Waals surface area contributed by atoms with Gasteiger partial charge in [-0.15, -0.1) is 0 Å². The number of likely N-dealkylation sites (tertiary alicyclic amines) is 1. The number of carbonyl (C=O) groups excluding carboxylic acids is 2. The van der Waals surface area contributed by atoms with E-state index >= 15 is 0 Å². The molecule has 1 saturated heterocycles. The molecule has 2 aliphatic rings. The third-order valence-corrected chi connectivity index (χ3v) is 4.76. The molecule has 0 aromatic rings. The minimum absolute atomic E-state index is 0.0543. The quantitative estimate of drug-likeness (QED) is 0.789. The highest BCUT2D eigenvalue weighted by molar-refractivity contribution is 5.83. The van der Waals surface area contributed by atoms with E-state index in [4.69, 9.17) is 10.00 Å². The van der Waals surface area contributed by atoms with Gasteiger partial charge in [-0.1, -0.05) is 32.1 Å². The van der Waals surface area contributed by atoms with E-state index in [0.717, 1.165) is 32.1 Å². The second-order valence-corrected chi connectivity index (χ2v) is 6.54. The van der Waals surface area contributed by atoms with Crippen LogP contribution in [-0.2, 0) is 9.53 Å². The zero-order chi connectivity index (χ0) is 16.5. The number of ether oxygens (including phenoxy) is 1. The van der Waals surface area contributed by atoms with E-state index in [0.29, 0.717) is 25.4 Å². The van der Waals surface area contributed by atoms with Crippen LogP contribution in [0.15, 0.2) is 0 Å². The zero-order valence-corrected chi connectivity index (χ0v) is 13.8. The fourth-order valence-electron chi connectivity index (χ4n) is 3.45. The predicted octanol–water partition coefficient (Wildman–Crippen LogP) is 2.59. The van der Waals surface area contributed by atoms with Crippen molar-refractivity contribution >= 4 is 12.0 Å². The first-order valence-corrected chi connectivity index (χ1v) is 8.81. The number of nitrogens with zero attached hydrogens (tertiary/aromatic N) is 2. The fraction of sp³-hybridized carbons (Fsp3) is 0.824. The van der Waals surface area contributed by atoms with Gasteiger partial charge in [0.25, 0.3) is 5.91 Å². The van der Waals surface area contributed by atoms with E-state index in [1.165, 1.54) is 19.3 Å². The van der Waals surface area contributed by atoms with Crippen LogP contribution in [0.1, 0.15) is 57.8 Å². The van der Waals surface area contributed by atoms with Crippen LogP contribution in [0.4, 0.5) is 4.79 Å². The summed E-state index contributed by atoms with van der Waals surface area (Å²) in [6.45, 7) is 1.35. The average Bonchev–Trinajstić information content (AvgIpc) is 2.60. The van der Waals surface area contributed by atoms with Gasteiger partial charge in [0.15, 0.2) is 6.10 Å². The SMILES string of the molecule is N#CCNC(=O)[C@H](CC1CCCCC1)OC(=O)N1CCCCC1. The Morgan fingerprint density at radius 1 is 1.13 bits per heavy atom. The maximum Gasteiger partial charge on any atom is 0.410 e. The molecule has 0 aromatic heterocycles. The topological polar surface area (TPSA) is 82.4 Å². The lowest BCUT2D eigenvalue weighted by Crippen LogP contribution is -2.44. The van der Waals surface area contributed by atoms with E-state index in [9.17, 15) is 9.59 Å². The van der Waals surface area contributed by atoms with Crippen molar-refractivity contribution in [2.24, 2.45) is 5.92 Å². The molecule has 6 heteroatoms. The van der Waals surface area contributed by atoms with Gasteiger partial charge in [0.1, 0.15) is 6.54 Å². The highest BCUT2D eigenvalue weighted by Gasteiger charge is 2.29. The van der Waals surface area contributed by atoms with Gasteiger partial charge >= 0.3 is 6.09 Å². The first-order valence-electron chi connectivity index (χ1n) is 8.81. The summed E-state index contributed by atoms with van der Waals surface area (Å²) in [4.78, 5) is 26.2. The molecular formula is C17H27N3O3. The van der Waals surface area contributed by atoms with Crippen molar-refractivity contribution in [1.82, 2.24) is 10.2 Å². The molecule has 0 unspecified atom stereocenters. The normalized spacial score (nSPS) is 20.4. The molecule has 0 spiro atoms. The number of carbonyl (C=O) groups is 2. The lowest BCUT2D eigenvalue weighted by molar-refractivity contribution is -0.131. The van der Waals surface area contributed by atoms with Crippen LogP contribution in [0.2, 0.25) is 0 Å². The van der Waals surface area contributed by atoms with E-state index in [1.54, 1.807) is 4.90 Å². The third-order valence-electron chi connectivity index (χ3n) is 4.76. The third kappa shape index (κ3) is 5.74. The van der Waals surface area contributed by atoms with Gasteiger partial charge in [0.2, 0.25) is 0 Å². The highest BCUT2D eigenvalue weighted by atomic mass is 16.6. The highest BCUT2D eigenvalue weighted by Crippen LogP contribution is 2.28. The molecule has 6 nitrogen and oxygen atoms in total. The molecule has 2 rings (SSSR count). The van der Waals surface area contributed by atoms with Crippen LogP contribution in [0.25, 0.3) is 0 Å². The van der Waals surface area contributed by atoms with Gasteiger partial charge in [-0.3, -0.25) is 4.79 Å². The summed E-state index contributed by atoms with van der Waals surface area (Å²) in [6, 6.07) is 1.89. The van der Waals surface area contributed by atoms with E-state index < -0.39 is 12.2 Å². The van der Waals surface area contributed by atoms with Gasteiger partial charge < -0.3 is 15.0 Å². The van der Waals surface area contributed by atoms with Gasteiger partial charge in [-0.25, -0.2) is 4.79 Å². The average molecular weight is 321 g/mol. The van der Waals surface area contributed by atoms with E-state index in [1.807, 2.05) is 6.07 Å². The number of nitriles is 1. The Kier molecular flexibility index (Phi) is 7.18. The molecule has 23 heavy (non-hydrogen) atoms. The molecule has 1 atom stereocenters. The summed E-state index contributed by atoms with van der Waals surface area (Å²) in [6.07, 6.45) is 8.29. The van der Waals surface area contributed by atoms with Crippen LogP contribution in [-0.4, -0.2) is 42.6 Å². The van der Waals surface area contributed by atoms with Crippen molar-refractivity contribution in [2.75, 3.05) is 19.6 Å². The van der Waals surface area contributed by atoms with Crippen molar-refractivity contribution < 1.29 is 14.3 Å². The monoisotopic (exact) mass is 321 g/mol. The summed E-state index contributed by atoms with van der Waals surface area (Å²) >= 11 is 0. The Bertz CT molecular complexity index is 435. The van der Waals surface area contributed by atoms with Crippen LogP contribution in [0, 0.1) is 17.2 Å². The molecule has 1 heterocycles. The number of rotatable bonds is 5. The van der Waals surface area contributed by atoms with Crippen LogP contribution in [0.5, 0.6) is 0 Å². The van der Waals surface area contributed by atoms with Crippen molar-refractivity contribution in [3.05, 3.63) is 0 Å². The number of nitrogens with one attached hydrogen (secondary N) is 1. The summed E-state index contributed by atoms with van der Waals surface area (Å²) in [5.41, 5.74) is 0. The molecule has 0 radical (unpaired) electrons. The van der Waals surface area contributed by atoms with Gasteiger partial charge in [0.05, 0.1) is 6.07 Å². The minimum atomic E-state index is -0.777. The van der Waals surface area contributed by atoms with E-state index in [2.05, 4.69) is 5.32 Å². The largest absolute Gasteiger partial charge is 0.436 e. The summed E-state index contributed by atoms with van der Waals surface area (Å²) < 4.78 is 5.52. The van der Waals surface area contributed by atoms with Crippen molar-refractivity contribution in [1.29, 1.82) is 5.26 Å². The molecule has 0 bridgehead atoms.